The van der Waals surface area contributed by atoms with Crippen LogP contribution in [0.3, 0.4) is 0 Å². The predicted octanol–water partition coefficient (Wildman–Crippen LogP) is 7.00. The van der Waals surface area contributed by atoms with Gasteiger partial charge in [-0.3, -0.25) is 14.4 Å². The Balaban J connectivity index is 1.39. The van der Waals surface area contributed by atoms with Crippen molar-refractivity contribution in [2.24, 2.45) is 0 Å². The van der Waals surface area contributed by atoms with Crippen LogP contribution < -0.4 is 15.4 Å². The van der Waals surface area contributed by atoms with Crippen molar-refractivity contribution in [3.8, 4) is 11.5 Å². The van der Waals surface area contributed by atoms with Crippen LogP contribution in [-0.4, -0.2) is 24.4 Å². The number of hydrogen-bond acceptors (Lipinski definition) is 5. The van der Waals surface area contributed by atoms with Crippen LogP contribution in [0.4, 0.5) is 11.4 Å². The second kappa shape index (κ2) is 13.2. The second-order valence-corrected chi connectivity index (χ2v) is 10.7. The quantitative estimate of drug-likeness (QED) is 0.252. The van der Waals surface area contributed by atoms with E-state index in [4.69, 9.17) is 9.47 Å². The van der Waals surface area contributed by atoms with Crippen LogP contribution in [0.1, 0.15) is 51.7 Å². The molecule has 0 fully saturated rings. The van der Waals surface area contributed by atoms with Crippen molar-refractivity contribution in [3.05, 3.63) is 82.3 Å². The van der Waals surface area contributed by atoms with Crippen molar-refractivity contribution in [2.45, 2.75) is 52.4 Å². The number of carbonyl (C=O) groups is 3. The third-order valence-corrected chi connectivity index (χ3v) is 6.23. The Morgan fingerprint density at radius 2 is 1.45 bits per heavy atom. The molecule has 0 aromatic heterocycles. The molecule has 3 aromatic rings. The first-order valence-corrected chi connectivity index (χ1v) is 13.2. The van der Waals surface area contributed by atoms with E-state index in [-0.39, 0.29) is 24.2 Å². The van der Waals surface area contributed by atoms with Crippen molar-refractivity contribution in [3.63, 3.8) is 0 Å². The summed E-state index contributed by atoms with van der Waals surface area (Å²) in [7, 11) is 0. The van der Waals surface area contributed by atoms with Gasteiger partial charge in [-0.05, 0) is 77.6 Å². The summed E-state index contributed by atoms with van der Waals surface area (Å²) in [6.45, 7) is 8.04. The molecule has 7 nitrogen and oxygen atoms in total. The molecule has 0 saturated heterocycles. The van der Waals surface area contributed by atoms with Gasteiger partial charge in [-0.15, -0.1) is 0 Å². The van der Waals surface area contributed by atoms with Gasteiger partial charge in [0, 0.05) is 22.3 Å². The summed E-state index contributed by atoms with van der Waals surface area (Å²) < 4.78 is 11.8. The molecule has 0 radical (unpaired) electrons. The van der Waals surface area contributed by atoms with Gasteiger partial charge in [0.15, 0.2) is 6.61 Å². The van der Waals surface area contributed by atoms with Crippen LogP contribution in [0.25, 0.3) is 0 Å². The van der Waals surface area contributed by atoms with Crippen LogP contribution in [0.5, 0.6) is 11.5 Å². The highest BCUT2D eigenvalue weighted by Crippen LogP contribution is 2.27. The summed E-state index contributed by atoms with van der Waals surface area (Å²) in [6.07, 6.45) is 0.542. The molecule has 0 atom stereocenters. The average Bonchev–Trinajstić information content (AvgIpc) is 2.88. The molecule has 200 valence electrons. The lowest BCUT2D eigenvalue weighted by Crippen LogP contribution is -2.22. The van der Waals surface area contributed by atoms with Crippen molar-refractivity contribution < 1.29 is 23.9 Å². The zero-order valence-corrected chi connectivity index (χ0v) is 23.7. The van der Waals surface area contributed by atoms with E-state index >= 15 is 0 Å². The molecular weight excluding hydrogens is 548 g/mol. The fourth-order valence-electron chi connectivity index (χ4n) is 3.59. The second-order valence-electron chi connectivity index (χ2n) is 9.81. The van der Waals surface area contributed by atoms with E-state index < -0.39 is 18.5 Å². The van der Waals surface area contributed by atoms with E-state index in [0.717, 1.165) is 22.2 Å². The summed E-state index contributed by atoms with van der Waals surface area (Å²) in [5.74, 6) is -0.0252. The number of amides is 2. The zero-order chi connectivity index (χ0) is 27.7. The lowest BCUT2D eigenvalue weighted by Gasteiger charge is -2.19. The Bertz CT molecular complexity index is 1270. The molecular formula is C30H33BrN2O5. The van der Waals surface area contributed by atoms with E-state index in [1.807, 2.05) is 43.3 Å². The molecule has 0 saturated carbocycles. The van der Waals surface area contributed by atoms with Gasteiger partial charge in [-0.1, -0.05) is 55.8 Å². The number of esters is 1. The maximum absolute atomic E-state index is 12.2. The molecule has 2 amide bonds. The Kier molecular flexibility index (Phi) is 10.1. The Labute approximate surface area is 232 Å². The number of carbonyl (C=O) groups excluding carboxylic acids is 3. The summed E-state index contributed by atoms with van der Waals surface area (Å²) in [6, 6.07) is 20.5. The molecule has 3 aromatic carbocycles. The molecule has 0 aliphatic carbocycles. The highest BCUT2D eigenvalue weighted by atomic mass is 79.9. The molecule has 8 heteroatoms. The lowest BCUT2D eigenvalue weighted by atomic mass is 9.87. The topological polar surface area (TPSA) is 93.7 Å². The van der Waals surface area contributed by atoms with Crippen molar-refractivity contribution >= 4 is 45.1 Å². The van der Waals surface area contributed by atoms with Crippen molar-refractivity contribution in [1.82, 2.24) is 0 Å². The van der Waals surface area contributed by atoms with E-state index in [9.17, 15) is 14.4 Å². The number of nitrogens with one attached hydrogen (secondary N) is 2. The summed E-state index contributed by atoms with van der Waals surface area (Å²) in [4.78, 5) is 36.4. The van der Waals surface area contributed by atoms with Gasteiger partial charge < -0.3 is 20.1 Å². The predicted molar refractivity (Wildman–Crippen MR) is 153 cm³/mol. The Hall–Kier alpha value is -3.65. The van der Waals surface area contributed by atoms with Crippen LogP contribution in [-0.2, 0) is 31.0 Å². The molecule has 0 aliphatic heterocycles. The summed E-state index contributed by atoms with van der Waals surface area (Å²) >= 11 is 3.40. The van der Waals surface area contributed by atoms with Crippen LogP contribution in [0, 0.1) is 0 Å². The molecule has 3 rings (SSSR count). The summed E-state index contributed by atoms with van der Waals surface area (Å²) in [5, 5.41) is 5.48. The first kappa shape index (κ1) is 28.9. The van der Waals surface area contributed by atoms with E-state index in [1.165, 1.54) is 5.56 Å². The molecule has 38 heavy (non-hydrogen) atoms. The number of aryl methyl sites for hydroxylation is 1. The highest BCUT2D eigenvalue weighted by Gasteiger charge is 2.14. The smallest absolute Gasteiger partial charge is 0.306 e. The largest absolute Gasteiger partial charge is 0.457 e. The van der Waals surface area contributed by atoms with Gasteiger partial charge in [0.2, 0.25) is 5.91 Å². The lowest BCUT2D eigenvalue weighted by molar-refractivity contribution is -0.147. The van der Waals surface area contributed by atoms with E-state index in [2.05, 4.69) is 47.3 Å². The summed E-state index contributed by atoms with van der Waals surface area (Å²) in [5.41, 5.74) is 3.51. The first-order valence-electron chi connectivity index (χ1n) is 12.5. The SMILES string of the molecule is CCc1cc(Br)ccc1NC(=O)COC(=O)CCC(=O)Nc1ccc(Oc2ccc(C(C)(C)C)cc2)cc1. The average molecular weight is 582 g/mol. The third-order valence-electron chi connectivity index (χ3n) is 5.74. The Morgan fingerprint density at radius 1 is 0.816 bits per heavy atom. The number of halogens is 1. The molecule has 2 N–H and O–H groups in total. The standard InChI is InChI=1S/C30H33BrN2O5/c1-5-20-18-22(31)8-15-26(20)33-28(35)19-37-29(36)17-16-27(34)32-23-9-13-25(14-10-23)38-24-11-6-21(7-12-24)30(2,3)4/h6-15,18H,5,16-17,19H2,1-4H3,(H,32,34)(H,33,35). The number of ether oxygens (including phenoxy) is 2. The fraction of sp³-hybridized carbons (Fsp3) is 0.300. The van der Waals surface area contributed by atoms with Crippen molar-refractivity contribution in [2.75, 3.05) is 17.2 Å². The van der Waals surface area contributed by atoms with Gasteiger partial charge in [-0.2, -0.15) is 0 Å². The fourth-order valence-corrected chi connectivity index (χ4v) is 3.99. The minimum atomic E-state index is -0.622. The van der Waals surface area contributed by atoms with Gasteiger partial charge in [0.05, 0.1) is 6.42 Å². The van der Waals surface area contributed by atoms with Gasteiger partial charge in [-0.25, -0.2) is 0 Å². The van der Waals surface area contributed by atoms with Gasteiger partial charge in [0.1, 0.15) is 11.5 Å². The van der Waals surface area contributed by atoms with E-state index in [0.29, 0.717) is 17.1 Å². The number of rotatable bonds is 10. The molecule has 0 bridgehead atoms. The van der Waals surface area contributed by atoms with Gasteiger partial charge in [0.25, 0.3) is 5.91 Å². The van der Waals surface area contributed by atoms with Crippen LogP contribution in [0.2, 0.25) is 0 Å². The molecule has 0 unspecified atom stereocenters. The maximum Gasteiger partial charge on any atom is 0.306 e. The molecule has 0 aliphatic rings. The molecule has 0 heterocycles. The maximum atomic E-state index is 12.2. The number of hydrogen-bond donors (Lipinski definition) is 2. The minimum absolute atomic E-state index is 0.0640. The monoisotopic (exact) mass is 580 g/mol. The minimum Gasteiger partial charge on any atom is -0.457 e. The highest BCUT2D eigenvalue weighted by molar-refractivity contribution is 9.10. The normalized spacial score (nSPS) is 11.0. The van der Waals surface area contributed by atoms with E-state index in [1.54, 1.807) is 30.3 Å². The van der Waals surface area contributed by atoms with Gasteiger partial charge >= 0.3 is 5.97 Å². The zero-order valence-electron chi connectivity index (χ0n) is 22.1. The number of anilines is 2. The third kappa shape index (κ3) is 9.03. The first-order chi connectivity index (χ1) is 18.0. The molecule has 0 spiro atoms. The number of benzene rings is 3. The van der Waals surface area contributed by atoms with Crippen molar-refractivity contribution in [1.29, 1.82) is 0 Å². The van der Waals surface area contributed by atoms with Crippen LogP contribution in [0.15, 0.2) is 71.2 Å². The van der Waals surface area contributed by atoms with Crippen LogP contribution >= 0.6 is 15.9 Å². The Morgan fingerprint density at radius 3 is 2.05 bits per heavy atom.